The van der Waals surface area contributed by atoms with Crippen LogP contribution in [0, 0.1) is 13.8 Å². The molecule has 1 unspecified atom stereocenters. The van der Waals surface area contributed by atoms with E-state index in [4.69, 9.17) is 14.2 Å². The second-order valence-corrected chi connectivity index (χ2v) is 8.26. The number of H-pyrrole nitrogens is 1. The van der Waals surface area contributed by atoms with Crippen molar-refractivity contribution in [3.05, 3.63) is 52.6 Å². The van der Waals surface area contributed by atoms with E-state index < -0.39 is 12.1 Å². The molecule has 0 amide bonds. The fourth-order valence-electron chi connectivity index (χ4n) is 3.66. The van der Waals surface area contributed by atoms with Crippen LogP contribution in [-0.2, 0) is 11.8 Å². The lowest BCUT2D eigenvalue weighted by Crippen LogP contribution is -2.24. The van der Waals surface area contributed by atoms with Gasteiger partial charge in [0.15, 0.2) is 34.4 Å². The van der Waals surface area contributed by atoms with Crippen molar-refractivity contribution in [2.75, 3.05) is 19.0 Å². The zero-order valence-corrected chi connectivity index (χ0v) is 19.1. The molecule has 32 heavy (non-hydrogen) atoms. The quantitative estimate of drug-likeness (QED) is 0.327. The summed E-state index contributed by atoms with van der Waals surface area (Å²) in [5.74, 6) is 1.56. The van der Waals surface area contributed by atoms with Gasteiger partial charge < -0.3 is 23.8 Å². The average molecular weight is 457 g/mol. The number of ketones is 1. The zero-order valence-electron chi connectivity index (χ0n) is 18.3. The Labute approximate surface area is 189 Å². The summed E-state index contributed by atoms with van der Waals surface area (Å²) in [6.07, 6.45) is -0.395. The van der Waals surface area contributed by atoms with Crippen molar-refractivity contribution in [2.45, 2.75) is 32.0 Å². The van der Waals surface area contributed by atoms with Crippen molar-refractivity contribution in [1.82, 2.24) is 19.7 Å². The molecule has 0 radical (unpaired) electrons. The fraction of sp³-hybridized carbons (Fsp3) is 0.364. The number of rotatable bonds is 7. The molecule has 1 aliphatic rings. The Balaban J connectivity index is 1.45. The van der Waals surface area contributed by atoms with Crippen LogP contribution >= 0.6 is 11.8 Å². The van der Waals surface area contributed by atoms with Gasteiger partial charge in [0.2, 0.25) is 0 Å². The average Bonchev–Trinajstić information content (AvgIpc) is 3.30. The summed E-state index contributed by atoms with van der Waals surface area (Å²) < 4.78 is 18.6. The first-order valence-electron chi connectivity index (χ1n) is 10.2. The van der Waals surface area contributed by atoms with Crippen molar-refractivity contribution in [3.63, 3.8) is 0 Å². The van der Waals surface area contributed by atoms with Gasteiger partial charge in [0.05, 0.1) is 12.4 Å². The maximum Gasteiger partial charge on any atom is 0.355 e. The lowest BCUT2D eigenvalue weighted by Gasteiger charge is -2.25. The maximum absolute atomic E-state index is 12.9. The van der Waals surface area contributed by atoms with Crippen LogP contribution in [0.2, 0.25) is 0 Å². The minimum atomic E-state index is -0.464. The number of nitrogens with one attached hydrogen (secondary N) is 1. The summed E-state index contributed by atoms with van der Waals surface area (Å²) in [4.78, 5) is 28.0. The number of aromatic nitrogens is 4. The number of benzene rings is 1. The molecule has 0 spiro atoms. The molecule has 0 bridgehead atoms. The summed E-state index contributed by atoms with van der Waals surface area (Å²) in [6.45, 7) is 5.85. The molecule has 2 aromatic heterocycles. The van der Waals surface area contributed by atoms with E-state index in [1.807, 2.05) is 31.3 Å². The van der Waals surface area contributed by atoms with Crippen LogP contribution < -0.4 is 9.47 Å². The minimum Gasteiger partial charge on any atom is -0.485 e. The largest absolute Gasteiger partial charge is 0.485 e. The molecule has 0 saturated carbocycles. The number of Topliss-reactive ketones (excluding diaryl/α,β-unsaturated/α-hetero) is 1. The van der Waals surface area contributed by atoms with Crippen LogP contribution in [0.3, 0.4) is 0 Å². The molecule has 0 aliphatic carbocycles. The van der Waals surface area contributed by atoms with Gasteiger partial charge in [0, 0.05) is 18.3 Å². The van der Waals surface area contributed by atoms with Crippen LogP contribution in [0.4, 0.5) is 0 Å². The number of hydrogen-bond acceptors (Lipinski definition) is 8. The second-order valence-electron chi connectivity index (χ2n) is 7.32. The smallest absolute Gasteiger partial charge is 0.355 e. The van der Waals surface area contributed by atoms with Crippen LogP contribution in [0.1, 0.15) is 51.0 Å². The summed E-state index contributed by atoms with van der Waals surface area (Å²) in [6, 6.07) is 7.47. The van der Waals surface area contributed by atoms with Crippen molar-refractivity contribution < 1.29 is 23.8 Å². The first-order chi connectivity index (χ1) is 15.4. The number of ether oxygens (including phenoxy) is 3. The Morgan fingerprint density at radius 3 is 2.75 bits per heavy atom. The third-order valence-corrected chi connectivity index (χ3v) is 6.21. The van der Waals surface area contributed by atoms with Crippen molar-refractivity contribution in [1.29, 1.82) is 0 Å². The summed E-state index contributed by atoms with van der Waals surface area (Å²) in [7, 11) is 1.83. The monoisotopic (exact) mass is 456 g/mol. The van der Waals surface area contributed by atoms with E-state index in [0.717, 1.165) is 0 Å². The van der Waals surface area contributed by atoms with Crippen molar-refractivity contribution in [2.24, 2.45) is 7.05 Å². The highest BCUT2D eigenvalue weighted by Crippen LogP contribution is 2.36. The molecule has 1 aromatic carbocycles. The first kappa shape index (κ1) is 21.9. The number of carbonyl (C=O) groups is 2. The number of fused-ring (bicyclic) bond motifs is 1. The number of nitrogens with zero attached hydrogens (tertiary/aromatic N) is 3. The molecular formula is C22H24N4O5S. The highest BCUT2D eigenvalue weighted by Gasteiger charge is 2.28. The number of esters is 1. The van der Waals surface area contributed by atoms with Gasteiger partial charge in [-0.05, 0) is 38.5 Å². The SMILES string of the molecule is CCOC(=O)c1[nH]c(C)c(C(=O)CSc2nnc(C3COc4ccccc4O3)n2C)c1C. The molecule has 168 valence electrons. The van der Waals surface area contributed by atoms with E-state index >= 15 is 0 Å². The Kier molecular flexibility index (Phi) is 6.22. The fourth-order valence-corrected chi connectivity index (χ4v) is 4.45. The predicted octanol–water partition coefficient (Wildman–Crippen LogP) is 3.42. The lowest BCUT2D eigenvalue weighted by molar-refractivity contribution is 0.0519. The van der Waals surface area contributed by atoms with Gasteiger partial charge in [0.25, 0.3) is 0 Å². The van der Waals surface area contributed by atoms with Gasteiger partial charge in [-0.3, -0.25) is 4.79 Å². The predicted molar refractivity (Wildman–Crippen MR) is 118 cm³/mol. The number of para-hydroxylation sites is 2. The molecule has 3 aromatic rings. The summed E-state index contributed by atoms with van der Waals surface area (Å²) in [5.41, 5.74) is 2.05. The lowest BCUT2D eigenvalue weighted by atomic mass is 10.1. The molecule has 9 nitrogen and oxygen atoms in total. The molecule has 3 heterocycles. The van der Waals surface area contributed by atoms with Crippen LogP contribution in [-0.4, -0.2) is 50.5 Å². The first-order valence-corrected chi connectivity index (χ1v) is 11.2. The van der Waals surface area contributed by atoms with Crippen molar-refractivity contribution in [3.8, 4) is 11.5 Å². The molecule has 1 aliphatic heterocycles. The Morgan fingerprint density at radius 1 is 1.25 bits per heavy atom. The Hall–Kier alpha value is -3.27. The van der Waals surface area contributed by atoms with E-state index in [2.05, 4.69) is 15.2 Å². The standard InChI is InChI=1S/C22H24N4O5S/c1-5-29-21(28)19-12(2)18(13(3)23-19)14(27)11-32-22-25-24-20(26(22)4)17-10-30-15-8-6-7-9-16(15)31-17/h6-9,17,23H,5,10-11H2,1-4H3. The van der Waals surface area contributed by atoms with E-state index in [1.54, 1.807) is 25.3 Å². The van der Waals surface area contributed by atoms with Gasteiger partial charge >= 0.3 is 5.97 Å². The van der Waals surface area contributed by atoms with Crippen LogP contribution in [0.25, 0.3) is 0 Å². The third kappa shape index (κ3) is 4.10. The molecule has 0 saturated heterocycles. The van der Waals surface area contributed by atoms with Gasteiger partial charge in [-0.1, -0.05) is 23.9 Å². The number of aryl methyl sites for hydroxylation is 1. The molecule has 10 heteroatoms. The van der Waals surface area contributed by atoms with Gasteiger partial charge in [-0.15, -0.1) is 10.2 Å². The van der Waals surface area contributed by atoms with E-state index in [0.29, 0.717) is 51.6 Å². The molecule has 0 fully saturated rings. The highest BCUT2D eigenvalue weighted by atomic mass is 32.2. The number of carbonyl (C=O) groups excluding carboxylic acids is 2. The topological polar surface area (TPSA) is 108 Å². The second kappa shape index (κ2) is 9.07. The number of thioether (sulfide) groups is 1. The van der Waals surface area contributed by atoms with E-state index in [9.17, 15) is 9.59 Å². The van der Waals surface area contributed by atoms with Crippen LogP contribution in [0.5, 0.6) is 11.5 Å². The van der Waals surface area contributed by atoms with Gasteiger partial charge in [-0.25, -0.2) is 4.79 Å². The summed E-state index contributed by atoms with van der Waals surface area (Å²) in [5, 5.41) is 9.07. The molecular weight excluding hydrogens is 432 g/mol. The van der Waals surface area contributed by atoms with Crippen LogP contribution in [0.15, 0.2) is 29.4 Å². The van der Waals surface area contributed by atoms with Gasteiger partial charge in [0.1, 0.15) is 12.3 Å². The zero-order chi connectivity index (χ0) is 22.8. The molecule has 1 atom stereocenters. The van der Waals surface area contributed by atoms with E-state index in [-0.39, 0.29) is 18.1 Å². The Morgan fingerprint density at radius 2 is 2.00 bits per heavy atom. The van der Waals surface area contributed by atoms with Crippen molar-refractivity contribution >= 4 is 23.5 Å². The molecule has 4 rings (SSSR count). The minimum absolute atomic E-state index is 0.104. The van der Waals surface area contributed by atoms with E-state index in [1.165, 1.54) is 11.8 Å². The number of aromatic amines is 1. The molecule has 1 N–H and O–H groups in total. The normalized spacial score (nSPS) is 14.9. The number of hydrogen-bond donors (Lipinski definition) is 1. The highest BCUT2D eigenvalue weighted by molar-refractivity contribution is 7.99. The maximum atomic E-state index is 12.9. The summed E-state index contributed by atoms with van der Waals surface area (Å²) >= 11 is 1.28. The Bertz CT molecular complexity index is 1170. The third-order valence-electron chi connectivity index (χ3n) is 5.19. The van der Waals surface area contributed by atoms with Gasteiger partial charge in [-0.2, -0.15) is 0 Å².